The van der Waals surface area contributed by atoms with E-state index in [0.29, 0.717) is 6.04 Å². The molecule has 0 aromatic carbocycles. The molecule has 1 rings (SSSR count). The quantitative estimate of drug-likeness (QED) is 0.491. The van der Waals surface area contributed by atoms with Crippen LogP contribution in [0.4, 0.5) is 0 Å². The Morgan fingerprint density at radius 3 is 2.00 bits per heavy atom. The first-order valence-corrected chi connectivity index (χ1v) is 9.55. The van der Waals surface area contributed by atoms with Gasteiger partial charge in [-0.05, 0) is 32.1 Å². The van der Waals surface area contributed by atoms with Crippen molar-refractivity contribution in [2.24, 2.45) is 16.9 Å². The van der Waals surface area contributed by atoms with Crippen LogP contribution in [0.1, 0.15) is 92.4 Å². The van der Waals surface area contributed by atoms with Gasteiger partial charge in [-0.3, -0.25) is 16.0 Å². The third-order valence-corrected chi connectivity index (χ3v) is 6.45. The summed E-state index contributed by atoms with van der Waals surface area (Å²) in [6, 6.07) is 0.646. The van der Waals surface area contributed by atoms with Crippen molar-refractivity contribution in [3.05, 3.63) is 0 Å². The second kappa shape index (κ2) is 7.63. The number of rotatable bonds is 9. The van der Waals surface area contributed by atoms with E-state index in [1.54, 1.807) is 0 Å². The molecular formula is C19H42N3+. The molecule has 1 fully saturated rings. The maximum Gasteiger partial charge on any atom is 0.156 e. The molecule has 0 aromatic rings. The highest BCUT2D eigenvalue weighted by molar-refractivity contribution is 4.91. The van der Waals surface area contributed by atoms with Crippen LogP contribution < -0.4 is 11.5 Å². The summed E-state index contributed by atoms with van der Waals surface area (Å²) in [6.45, 7) is 11.4. The van der Waals surface area contributed by atoms with Gasteiger partial charge in [0.05, 0.1) is 13.1 Å². The smallest absolute Gasteiger partial charge is 0.156 e. The molecule has 3 unspecified atom stereocenters. The van der Waals surface area contributed by atoms with Crippen molar-refractivity contribution in [3.8, 4) is 0 Å². The summed E-state index contributed by atoms with van der Waals surface area (Å²) in [7, 11) is 2.37. The first kappa shape index (κ1) is 19.9. The fourth-order valence-corrected chi connectivity index (χ4v) is 4.28. The van der Waals surface area contributed by atoms with Crippen molar-refractivity contribution < 1.29 is 4.48 Å². The Bertz CT molecular complexity index is 332. The predicted molar refractivity (Wildman–Crippen MR) is 97.2 cm³/mol. The molecule has 3 nitrogen and oxygen atoms in total. The second-order valence-electron chi connectivity index (χ2n) is 8.72. The average molecular weight is 313 g/mol. The fraction of sp³-hybridized carbons (Fsp3) is 1.00. The number of unbranched alkanes of at least 4 members (excludes halogenated alkanes) is 2. The van der Waals surface area contributed by atoms with E-state index in [0.717, 1.165) is 17.3 Å². The van der Waals surface area contributed by atoms with Crippen LogP contribution in [0, 0.1) is 5.41 Å². The van der Waals surface area contributed by atoms with Crippen LogP contribution in [-0.2, 0) is 0 Å². The van der Waals surface area contributed by atoms with Gasteiger partial charge in [0.15, 0.2) is 5.66 Å². The zero-order chi connectivity index (χ0) is 17.0. The summed E-state index contributed by atoms with van der Waals surface area (Å²) < 4.78 is 0.872. The summed E-state index contributed by atoms with van der Waals surface area (Å²) in [5.74, 6) is 0. The fourth-order valence-electron chi connectivity index (χ4n) is 4.28. The number of nitrogens with two attached hydrogens (primary N) is 2. The Hall–Kier alpha value is -0.120. The Morgan fingerprint density at radius 1 is 1.09 bits per heavy atom. The van der Waals surface area contributed by atoms with Crippen molar-refractivity contribution in [1.82, 2.24) is 0 Å². The monoisotopic (exact) mass is 312 g/mol. The summed E-state index contributed by atoms with van der Waals surface area (Å²) in [5.41, 5.74) is 13.8. The molecule has 0 heterocycles. The largest absolute Gasteiger partial charge is 0.291 e. The van der Waals surface area contributed by atoms with Gasteiger partial charge in [0.25, 0.3) is 0 Å². The molecule has 3 heteroatoms. The molecular weight excluding hydrogens is 270 g/mol. The molecule has 4 N–H and O–H groups in total. The van der Waals surface area contributed by atoms with Crippen molar-refractivity contribution >= 4 is 0 Å². The Morgan fingerprint density at radius 2 is 1.64 bits per heavy atom. The second-order valence-corrected chi connectivity index (χ2v) is 8.72. The molecule has 0 spiro atoms. The van der Waals surface area contributed by atoms with E-state index in [-0.39, 0.29) is 17.2 Å². The molecule has 1 aliphatic carbocycles. The molecule has 0 aromatic heterocycles. The molecule has 0 aliphatic heterocycles. The summed E-state index contributed by atoms with van der Waals surface area (Å²) in [5, 5.41) is 0. The average Bonchev–Trinajstić information content (AvgIpc) is 2.38. The van der Waals surface area contributed by atoms with Crippen molar-refractivity contribution in [2.75, 3.05) is 7.05 Å². The van der Waals surface area contributed by atoms with E-state index in [9.17, 15) is 0 Å². The third kappa shape index (κ3) is 3.52. The number of quaternary nitrogens is 1. The normalized spacial score (nSPS) is 23.5. The molecule has 0 amide bonds. The molecule has 0 bridgehead atoms. The first-order chi connectivity index (χ1) is 10.1. The van der Waals surface area contributed by atoms with Gasteiger partial charge in [-0.15, -0.1) is 0 Å². The maximum atomic E-state index is 7.21. The van der Waals surface area contributed by atoms with Crippen LogP contribution in [0.3, 0.4) is 0 Å². The molecule has 0 radical (unpaired) electrons. The number of hydrogen-bond acceptors (Lipinski definition) is 2. The van der Waals surface area contributed by atoms with E-state index in [4.69, 9.17) is 11.5 Å². The zero-order valence-corrected chi connectivity index (χ0v) is 16.1. The lowest BCUT2D eigenvalue weighted by Gasteiger charge is -2.62. The van der Waals surface area contributed by atoms with Gasteiger partial charge in [0, 0.05) is 18.3 Å². The number of nitrogens with zero attached hydrogens (tertiary/aromatic N) is 1. The van der Waals surface area contributed by atoms with Crippen molar-refractivity contribution in [2.45, 2.75) is 110 Å². The molecule has 1 saturated carbocycles. The standard InChI is InChI=1S/C19H42N3/c1-7-9-14-17(20)22(6,16-12-11-13-16)19(21,15-10-8-2)18(3,4)5/h16-17H,7-15,20-21H2,1-6H3/q+1. The van der Waals surface area contributed by atoms with E-state index < -0.39 is 0 Å². The minimum atomic E-state index is -0.249. The lowest BCUT2D eigenvalue weighted by atomic mass is 9.71. The van der Waals surface area contributed by atoms with E-state index >= 15 is 0 Å². The Balaban J connectivity index is 3.19. The van der Waals surface area contributed by atoms with Gasteiger partial charge < -0.3 is 0 Å². The van der Waals surface area contributed by atoms with Crippen LogP contribution >= 0.6 is 0 Å². The minimum Gasteiger partial charge on any atom is -0.291 e. The molecule has 0 saturated heterocycles. The predicted octanol–water partition coefficient (Wildman–Crippen LogP) is 4.35. The topological polar surface area (TPSA) is 52.0 Å². The SMILES string of the molecule is CCCCC(N)[N+](C)(C1CCC1)C(N)(CCCC)C(C)(C)C. The molecule has 3 atom stereocenters. The van der Waals surface area contributed by atoms with Crippen LogP contribution in [0.5, 0.6) is 0 Å². The summed E-state index contributed by atoms with van der Waals surface area (Å²) >= 11 is 0. The highest BCUT2D eigenvalue weighted by Crippen LogP contribution is 2.47. The van der Waals surface area contributed by atoms with Crippen molar-refractivity contribution in [1.29, 1.82) is 0 Å². The molecule has 22 heavy (non-hydrogen) atoms. The van der Waals surface area contributed by atoms with Gasteiger partial charge in [-0.1, -0.05) is 47.5 Å². The van der Waals surface area contributed by atoms with Crippen molar-refractivity contribution in [3.63, 3.8) is 0 Å². The third-order valence-electron chi connectivity index (χ3n) is 6.45. The van der Waals surface area contributed by atoms with E-state index in [2.05, 4.69) is 41.7 Å². The van der Waals surface area contributed by atoms with E-state index in [1.807, 2.05) is 0 Å². The van der Waals surface area contributed by atoms with Gasteiger partial charge >= 0.3 is 0 Å². The first-order valence-electron chi connectivity index (χ1n) is 9.55. The molecule has 1 aliphatic rings. The highest BCUT2D eigenvalue weighted by Gasteiger charge is 2.59. The lowest BCUT2D eigenvalue weighted by Crippen LogP contribution is -2.81. The van der Waals surface area contributed by atoms with Crippen LogP contribution in [0.25, 0.3) is 0 Å². The Kier molecular flexibility index (Phi) is 6.91. The van der Waals surface area contributed by atoms with E-state index in [1.165, 1.54) is 44.9 Å². The van der Waals surface area contributed by atoms with Gasteiger partial charge in [-0.2, -0.15) is 0 Å². The van der Waals surface area contributed by atoms with Gasteiger partial charge in [0.2, 0.25) is 0 Å². The minimum absolute atomic E-state index is 0.0519. The number of hydrogen-bond donors (Lipinski definition) is 2. The summed E-state index contributed by atoms with van der Waals surface area (Å²) in [6.07, 6.45) is 11.0. The molecule has 132 valence electrons. The van der Waals surface area contributed by atoms with Gasteiger partial charge in [0.1, 0.15) is 6.17 Å². The van der Waals surface area contributed by atoms with Gasteiger partial charge in [-0.25, -0.2) is 0 Å². The zero-order valence-electron chi connectivity index (χ0n) is 16.1. The maximum absolute atomic E-state index is 7.21. The highest BCUT2D eigenvalue weighted by atomic mass is 15.5. The van der Waals surface area contributed by atoms with Crippen LogP contribution in [0.2, 0.25) is 0 Å². The summed E-state index contributed by atoms with van der Waals surface area (Å²) in [4.78, 5) is 0. The van der Waals surface area contributed by atoms with Crippen LogP contribution in [0.15, 0.2) is 0 Å². The Labute approximate surface area is 139 Å². The van der Waals surface area contributed by atoms with Crippen LogP contribution in [-0.4, -0.2) is 29.4 Å². The lowest BCUT2D eigenvalue weighted by molar-refractivity contribution is -1.01.